The first-order valence-electron chi connectivity index (χ1n) is 10.1. The summed E-state index contributed by atoms with van der Waals surface area (Å²) in [6.07, 6.45) is 8.06. The number of fused-ring (bicyclic) bond motifs is 1. The summed E-state index contributed by atoms with van der Waals surface area (Å²) in [5.41, 5.74) is 4.83. The molecule has 1 aliphatic rings. The van der Waals surface area contributed by atoms with Crippen molar-refractivity contribution in [1.82, 2.24) is 24.4 Å². The van der Waals surface area contributed by atoms with Gasteiger partial charge in [0, 0.05) is 35.5 Å². The second-order valence-electron chi connectivity index (χ2n) is 7.95. The molecule has 1 N–H and O–H groups in total. The molecule has 148 valence electrons. The second kappa shape index (κ2) is 7.44. The molecule has 5 nitrogen and oxygen atoms in total. The minimum Gasteiger partial charge on any atom is -0.346 e. The van der Waals surface area contributed by atoms with Crippen LogP contribution in [0.1, 0.15) is 12.8 Å². The van der Waals surface area contributed by atoms with E-state index in [0.29, 0.717) is 5.92 Å². The van der Waals surface area contributed by atoms with Gasteiger partial charge in [0.25, 0.3) is 0 Å². The summed E-state index contributed by atoms with van der Waals surface area (Å²) in [5, 5.41) is 1.07. The maximum Gasteiger partial charge on any atom is 0.137 e. The predicted octanol–water partition coefficient (Wildman–Crippen LogP) is 4.57. The smallest absolute Gasteiger partial charge is 0.137 e. The molecule has 0 aliphatic carbocycles. The molecule has 29 heavy (non-hydrogen) atoms. The van der Waals surface area contributed by atoms with Crippen molar-refractivity contribution >= 4 is 11.0 Å². The van der Waals surface area contributed by atoms with E-state index in [2.05, 4.69) is 32.5 Å². The van der Waals surface area contributed by atoms with Crippen LogP contribution in [-0.2, 0) is 6.54 Å². The molecule has 5 rings (SSSR count). The lowest BCUT2D eigenvalue weighted by molar-refractivity contribution is 0.205. The van der Waals surface area contributed by atoms with Gasteiger partial charge in [-0.2, -0.15) is 0 Å². The number of piperidine rings is 1. The Morgan fingerprint density at radius 1 is 1.07 bits per heavy atom. The van der Waals surface area contributed by atoms with E-state index >= 15 is 0 Å². The van der Waals surface area contributed by atoms with Crippen molar-refractivity contribution in [2.45, 2.75) is 19.4 Å². The van der Waals surface area contributed by atoms with E-state index in [9.17, 15) is 4.39 Å². The Bertz CT molecular complexity index is 1120. The van der Waals surface area contributed by atoms with Gasteiger partial charge in [0.1, 0.15) is 11.5 Å². The number of nitrogens with one attached hydrogen (secondary N) is 1. The lowest BCUT2D eigenvalue weighted by atomic mass is 9.96. The van der Waals surface area contributed by atoms with Crippen molar-refractivity contribution in [3.05, 3.63) is 60.9 Å². The first kappa shape index (κ1) is 18.1. The Morgan fingerprint density at radius 3 is 2.66 bits per heavy atom. The predicted molar refractivity (Wildman–Crippen MR) is 113 cm³/mol. The van der Waals surface area contributed by atoms with E-state index in [0.717, 1.165) is 53.2 Å². The maximum absolute atomic E-state index is 13.5. The van der Waals surface area contributed by atoms with Gasteiger partial charge in [-0.1, -0.05) is 0 Å². The second-order valence-corrected chi connectivity index (χ2v) is 7.95. The van der Waals surface area contributed by atoms with E-state index in [-0.39, 0.29) is 5.82 Å². The zero-order valence-corrected chi connectivity index (χ0v) is 16.5. The van der Waals surface area contributed by atoms with E-state index in [1.165, 1.54) is 25.0 Å². The summed E-state index contributed by atoms with van der Waals surface area (Å²) in [6, 6.07) is 10.7. The van der Waals surface area contributed by atoms with Gasteiger partial charge in [0.15, 0.2) is 0 Å². The zero-order valence-electron chi connectivity index (χ0n) is 16.5. The third-order valence-electron chi connectivity index (χ3n) is 5.96. The van der Waals surface area contributed by atoms with Crippen molar-refractivity contribution in [3.63, 3.8) is 0 Å². The number of hydrogen-bond acceptors (Lipinski definition) is 3. The molecule has 0 spiro atoms. The van der Waals surface area contributed by atoms with Crippen LogP contribution in [0.25, 0.3) is 33.5 Å². The van der Waals surface area contributed by atoms with Crippen LogP contribution in [0.15, 0.2) is 55.1 Å². The molecule has 3 aromatic heterocycles. The lowest BCUT2D eigenvalue weighted by Crippen LogP contribution is -2.31. The standard InChI is InChI=1S/C23H24FN5/c1-28-12-8-16(9-13-28)14-29-15-27-21(17-2-4-18(24)5-3-17)22(29)19-6-10-25-23-20(19)7-11-26-23/h2-7,10-11,15-16H,8-9,12-14H2,1H3,(H,25,26). The van der Waals surface area contributed by atoms with E-state index in [1.54, 1.807) is 12.1 Å². The van der Waals surface area contributed by atoms with E-state index < -0.39 is 0 Å². The molecule has 0 amide bonds. The molecule has 6 heteroatoms. The molecule has 1 saturated heterocycles. The number of H-pyrrole nitrogens is 1. The van der Waals surface area contributed by atoms with Crippen LogP contribution in [0, 0.1) is 11.7 Å². The number of benzene rings is 1. The lowest BCUT2D eigenvalue weighted by Gasteiger charge is -2.29. The van der Waals surface area contributed by atoms with Crippen LogP contribution in [-0.4, -0.2) is 44.6 Å². The van der Waals surface area contributed by atoms with Crippen LogP contribution in [0.5, 0.6) is 0 Å². The van der Waals surface area contributed by atoms with Gasteiger partial charge < -0.3 is 14.5 Å². The summed E-state index contributed by atoms with van der Waals surface area (Å²) < 4.78 is 15.8. The quantitative estimate of drug-likeness (QED) is 0.556. The van der Waals surface area contributed by atoms with Gasteiger partial charge in [-0.15, -0.1) is 0 Å². The van der Waals surface area contributed by atoms with Crippen molar-refractivity contribution in [2.24, 2.45) is 5.92 Å². The SMILES string of the molecule is CN1CCC(Cn2cnc(-c3ccc(F)cc3)c2-c2ccnc3[nH]ccc23)CC1. The highest BCUT2D eigenvalue weighted by molar-refractivity contribution is 5.95. The molecular weight excluding hydrogens is 365 g/mol. The van der Waals surface area contributed by atoms with Crippen LogP contribution in [0.2, 0.25) is 0 Å². The normalized spacial score (nSPS) is 15.9. The summed E-state index contributed by atoms with van der Waals surface area (Å²) in [5.74, 6) is 0.391. The third kappa shape index (κ3) is 3.44. The van der Waals surface area contributed by atoms with Gasteiger partial charge >= 0.3 is 0 Å². The molecule has 1 aliphatic heterocycles. The fourth-order valence-corrected chi connectivity index (χ4v) is 4.31. The highest BCUT2D eigenvalue weighted by Gasteiger charge is 2.22. The minimum absolute atomic E-state index is 0.238. The number of rotatable bonds is 4. The zero-order chi connectivity index (χ0) is 19.8. The Hall–Kier alpha value is -2.99. The topological polar surface area (TPSA) is 49.7 Å². The Morgan fingerprint density at radius 2 is 1.86 bits per heavy atom. The van der Waals surface area contributed by atoms with E-state index in [1.807, 2.05) is 24.8 Å². The molecule has 1 aromatic carbocycles. The molecule has 0 unspecified atom stereocenters. The Kier molecular flexibility index (Phi) is 4.64. The fraction of sp³-hybridized carbons (Fsp3) is 0.304. The number of pyridine rings is 1. The molecule has 4 aromatic rings. The number of hydrogen-bond donors (Lipinski definition) is 1. The number of imidazole rings is 1. The van der Waals surface area contributed by atoms with Crippen LogP contribution < -0.4 is 0 Å². The van der Waals surface area contributed by atoms with Crippen LogP contribution in [0.4, 0.5) is 4.39 Å². The van der Waals surface area contributed by atoms with Crippen molar-refractivity contribution < 1.29 is 4.39 Å². The monoisotopic (exact) mass is 389 g/mol. The van der Waals surface area contributed by atoms with Crippen molar-refractivity contribution in [1.29, 1.82) is 0 Å². The highest BCUT2D eigenvalue weighted by atomic mass is 19.1. The molecule has 0 radical (unpaired) electrons. The van der Waals surface area contributed by atoms with Gasteiger partial charge in [0.05, 0.1) is 17.7 Å². The highest BCUT2D eigenvalue weighted by Crippen LogP contribution is 2.36. The largest absolute Gasteiger partial charge is 0.346 e. The van der Waals surface area contributed by atoms with Crippen molar-refractivity contribution in [3.8, 4) is 22.5 Å². The number of aromatic amines is 1. The third-order valence-corrected chi connectivity index (χ3v) is 5.96. The van der Waals surface area contributed by atoms with Gasteiger partial charge in [-0.25, -0.2) is 14.4 Å². The first-order valence-corrected chi connectivity index (χ1v) is 10.1. The summed E-state index contributed by atoms with van der Waals surface area (Å²) in [6.45, 7) is 3.21. The summed E-state index contributed by atoms with van der Waals surface area (Å²) in [4.78, 5) is 14.8. The molecule has 1 fully saturated rings. The van der Waals surface area contributed by atoms with Gasteiger partial charge in [-0.3, -0.25) is 0 Å². The fourth-order valence-electron chi connectivity index (χ4n) is 4.31. The average Bonchev–Trinajstić information content (AvgIpc) is 3.37. The number of halogens is 1. The molecule has 0 saturated carbocycles. The Balaban J connectivity index is 1.62. The van der Waals surface area contributed by atoms with Gasteiger partial charge in [-0.05, 0) is 75.3 Å². The molecule has 4 heterocycles. The molecular formula is C23H24FN5. The number of likely N-dealkylation sites (tertiary alicyclic amines) is 1. The average molecular weight is 389 g/mol. The van der Waals surface area contributed by atoms with Gasteiger partial charge in [0.2, 0.25) is 0 Å². The van der Waals surface area contributed by atoms with Crippen LogP contribution >= 0.6 is 0 Å². The maximum atomic E-state index is 13.5. The van der Waals surface area contributed by atoms with Crippen LogP contribution in [0.3, 0.4) is 0 Å². The van der Waals surface area contributed by atoms with Crippen molar-refractivity contribution in [2.75, 3.05) is 20.1 Å². The Labute approximate surface area is 169 Å². The first-order chi connectivity index (χ1) is 14.2. The molecule has 0 bridgehead atoms. The molecule has 0 atom stereocenters. The number of aromatic nitrogens is 4. The number of nitrogens with zero attached hydrogens (tertiary/aromatic N) is 4. The summed E-state index contributed by atoms with van der Waals surface area (Å²) in [7, 11) is 2.19. The summed E-state index contributed by atoms with van der Waals surface area (Å²) >= 11 is 0. The minimum atomic E-state index is -0.238. The van der Waals surface area contributed by atoms with E-state index in [4.69, 9.17) is 4.98 Å².